The number of rotatable bonds is 3. The Bertz CT molecular complexity index is 1480. The van der Waals surface area contributed by atoms with Gasteiger partial charge in [0.25, 0.3) is 17.2 Å². The molecule has 11 heteroatoms. The number of carbonyl (C=O) groups is 1. The van der Waals surface area contributed by atoms with Gasteiger partial charge in [-0.05, 0) is 51.2 Å². The number of amides is 1. The normalized spacial score (nSPS) is 16.9. The molecule has 2 aliphatic rings. The minimum atomic E-state index is -0.181. The fraction of sp³-hybridized carbons (Fsp3) is 0.478. The van der Waals surface area contributed by atoms with Gasteiger partial charge in [0.05, 0.1) is 11.9 Å². The van der Waals surface area contributed by atoms with Crippen molar-refractivity contribution in [2.75, 3.05) is 26.2 Å². The van der Waals surface area contributed by atoms with Gasteiger partial charge in [-0.15, -0.1) is 16.4 Å². The number of nitrogens with zero attached hydrogens (tertiary/aromatic N) is 7. The molecule has 1 amide bonds. The number of aryl methyl sites for hydroxylation is 4. The Morgan fingerprint density at radius 1 is 1.09 bits per heavy atom. The molecule has 1 saturated heterocycles. The zero-order valence-electron chi connectivity index (χ0n) is 19.3. The Balaban J connectivity index is 1.14. The Morgan fingerprint density at radius 3 is 2.71 bits per heavy atom. The lowest BCUT2D eigenvalue weighted by atomic mass is 9.97. The molecule has 5 heterocycles. The summed E-state index contributed by atoms with van der Waals surface area (Å²) in [4.78, 5) is 48.5. The van der Waals surface area contributed by atoms with Gasteiger partial charge in [-0.2, -0.15) is 4.98 Å². The molecule has 0 radical (unpaired) electrons. The second-order valence-electron chi connectivity index (χ2n) is 9.16. The lowest BCUT2D eigenvalue weighted by Gasteiger charge is -2.33. The zero-order chi connectivity index (χ0) is 23.4. The lowest BCUT2D eigenvalue weighted by molar-refractivity contribution is 0.0614. The van der Waals surface area contributed by atoms with E-state index in [0.29, 0.717) is 44.3 Å². The summed E-state index contributed by atoms with van der Waals surface area (Å²) >= 11 is 1.67. The van der Waals surface area contributed by atoms with E-state index in [2.05, 4.69) is 25.0 Å². The van der Waals surface area contributed by atoms with Gasteiger partial charge in [0.2, 0.25) is 5.82 Å². The van der Waals surface area contributed by atoms with Gasteiger partial charge in [-0.1, -0.05) is 0 Å². The van der Waals surface area contributed by atoms with Gasteiger partial charge in [0.1, 0.15) is 10.7 Å². The quantitative estimate of drug-likeness (QED) is 0.478. The highest BCUT2D eigenvalue weighted by Crippen LogP contribution is 2.33. The third kappa shape index (κ3) is 3.68. The van der Waals surface area contributed by atoms with Crippen molar-refractivity contribution in [1.29, 1.82) is 0 Å². The SMILES string of the molecule is Cc1cc(C)n2nc(C(=O)N3CCN(Cc4nc5sc6c(c5c(=O)[nH]4)CCCC6)CC3)nc2n1. The molecular formula is C23H26N8O2S. The van der Waals surface area contributed by atoms with Crippen LogP contribution in [0.3, 0.4) is 0 Å². The monoisotopic (exact) mass is 478 g/mol. The zero-order valence-corrected chi connectivity index (χ0v) is 20.1. The van der Waals surface area contributed by atoms with Gasteiger partial charge in [0, 0.05) is 42.4 Å². The highest BCUT2D eigenvalue weighted by molar-refractivity contribution is 7.18. The van der Waals surface area contributed by atoms with E-state index in [4.69, 9.17) is 4.98 Å². The first-order valence-electron chi connectivity index (χ1n) is 11.7. The highest BCUT2D eigenvalue weighted by Gasteiger charge is 2.26. The van der Waals surface area contributed by atoms with Crippen molar-refractivity contribution in [1.82, 2.24) is 39.3 Å². The first kappa shape index (κ1) is 21.4. The van der Waals surface area contributed by atoms with Crippen LogP contribution in [0.1, 0.15) is 51.1 Å². The minimum absolute atomic E-state index is 0.0229. The molecule has 10 nitrogen and oxygen atoms in total. The van der Waals surface area contributed by atoms with Crippen LogP contribution in [0.25, 0.3) is 16.0 Å². The molecule has 0 atom stereocenters. The van der Waals surface area contributed by atoms with Gasteiger partial charge in [-0.25, -0.2) is 14.5 Å². The summed E-state index contributed by atoms with van der Waals surface area (Å²) in [6.45, 7) is 6.90. The topological polar surface area (TPSA) is 112 Å². The van der Waals surface area contributed by atoms with Crippen LogP contribution in [0, 0.1) is 13.8 Å². The maximum atomic E-state index is 13.0. The van der Waals surface area contributed by atoms with Crippen molar-refractivity contribution in [3.05, 3.63) is 49.9 Å². The number of aromatic amines is 1. The van der Waals surface area contributed by atoms with Crippen LogP contribution in [0.4, 0.5) is 0 Å². The smallest absolute Gasteiger partial charge is 0.293 e. The molecular weight excluding hydrogens is 452 g/mol. The maximum Gasteiger partial charge on any atom is 0.293 e. The van der Waals surface area contributed by atoms with Crippen LogP contribution in [0.15, 0.2) is 10.9 Å². The van der Waals surface area contributed by atoms with Crippen LogP contribution in [0.5, 0.6) is 0 Å². The van der Waals surface area contributed by atoms with E-state index in [0.717, 1.165) is 40.9 Å². The molecule has 0 saturated carbocycles. The molecule has 0 bridgehead atoms. The molecule has 1 aliphatic carbocycles. The summed E-state index contributed by atoms with van der Waals surface area (Å²) < 4.78 is 1.61. The summed E-state index contributed by atoms with van der Waals surface area (Å²) in [6.07, 6.45) is 4.36. The first-order valence-corrected chi connectivity index (χ1v) is 12.5. The third-order valence-electron chi connectivity index (χ3n) is 6.72. The van der Waals surface area contributed by atoms with E-state index in [9.17, 15) is 9.59 Å². The number of hydrogen-bond acceptors (Lipinski definition) is 8. The second-order valence-corrected chi connectivity index (χ2v) is 10.2. The van der Waals surface area contributed by atoms with E-state index in [1.807, 2.05) is 19.9 Å². The van der Waals surface area contributed by atoms with E-state index in [1.165, 1.54) is 16.9 Å². The molecule has 0 aromatic carbocycles. The van der Waals surface area contributed by atoms with Crippen LogP contribution < -0.4 is 5.56 Å². The van der Waals surface area contributed by atoms with Crippen molar-refractivity contribution in [3.8, 4) is 0 Å². The Kier molecular flexibility index (Phi) is 5.18. The Labute approximate surface area is 199 Å². The van der Waals surface area contributed by atoms with Crippen LogP contribution in [-0.2, 0) is 19.4 Å². The Morgan fingerprint density at radius 2 is 1.88 bits per heavy atom. The van der Waals surface area contributed by atoms with E-state index < -0.39 is 0 Å². The van der Waals surface area contributed by atoms with Crippen LogP contribution in [0.2, 0.25) is 0 Å². The van der Waals surface area contributed by atoms with E-state index in [1.54, 1.807) is 20.8 Å². The minimum Gasteiger partial charge on any atom is -0.333 e. The second kappa shape index (κ2) is 8.24. The van der Waals surface area contributed by atoms with Gasteiger partial charge >= 0.3 is 0 Å². The first-order chi connectivity index (χ1) is 16.5. The number of aromatic nitrogens is 6. The van der Waals surface area contributed by atoms with E-state index in [-0.39, 0.29) is 17.3 Å². The fourth-order valence-corrected chi connectivity index (χ4v) is 6.28. The number of piperazine rings is 1. The number of nitrogens with one attached hydrogen (secondary N) is 1. The molecule has 4 aromatic rings. The average Bonchev–Trinajstić information content (AvgIpc) is 3.41. The van der Waals surface area contributed by atoms with Gasteiger partial charge in [-0.3, -0.25) is 14.5 Å². The number of fused-ring (bicyclic) bond motifs is 4. The van der Waals surface area contributed by atoms with Crippen molar-refractivity contribution >= 4 is 33.2 Å². The predicted molar refractivity (Wildman–Crippen MR) is 128 cm³/mol. The maximum absolute atomic E-state index is 13.0. The molecule has 4 aromatic heterocycles. The molecule has 1 N–H and O–H groups in total. The molecule has 34 heavy (non-hydrogen) atoms. The summed E-state index contributed by atoms with van der Waals surface area (Å²) in [5, 5.41) is 5.16. The Hall–Kier alpha value is -3.18. The van der Waals surface area contributed by atoms with Crippen molar-refractivity contribution < 1.29 is 4.79 Å². The highest BCUT2D eigenvalue weighted by atomic mass is 32.1. The largest absolute Gasteiger partial charge is 0.333 e. The lowest BCUT2D eigenvalue weighted by Crippen LogP contribution is -2.48. The van der Waals surface area contributed by atoms with Crippen LogP contribution in [-0.4, -0.2) is 71.4 Å². The molecule has 176 valence electrons. The third-order valence-corrected chi connectivity index (χ3v) is 7.90. The van der Waals surface area contributed by atoms with Crippen LogP contribution >= 0.6 is 11.3 Å². The fourth-order valence-electron chi connectivity index (χ4n) is 5.00. The molecule has 1 fully saturated rings. The number of hydrogen-bond donors (Lipinski definition) is 1. The van der Waals surface area contributed by atoms with Gasteiger partial charge in [0.15, 0.2) is 0 Å². The summed E-state index contributed by atoms with van der Waals surface area (Å²) in [5.41, 5.74) is 2.92. The summed E-state index contributed by atoms with van der Waals surface area (Å²) in [7, 11) is 0. The number of H-pyrrole nitrogens is 1. The standard InChI is InChI=1S/C23H26N8O2S/c1-13-11-14(2)31-23(24-13)27-19(28-31)22(33)30-9-7-29(8-10-30)12-17-25-20(32)18-15-5-3-4-6-16(15)34-21(18)26-17/h11H,3-10,12H2,1-2H3,(H,25,26,32). The predicted octanol–water partition coefficient (Wildman–Crippen LogP) is 1.88. The molecule has 0 unspecified atom stereocenters. The van der Waals surface area contributed by atoms with E-state index >= 15 is 0 Å². The molecule has 6 rings (SSSR count). The van der Waals surface area contributed by atoms with Crippen molar-refractivity contribution in [2.45, 2.75) is 46.1 Å². The van der Waals surface area contributed by atoms with Gasteiger partial charge < -0.3 is 9.88 Å². The average molecular weight is 479 g/mol. The number of thiophene rings is 1. The molecule has 1 aliphatic heterocycles. The van der Waals surface area contributed by atoms with Crippen molar-refractivity contribution in [3.63, 3.8) is 0 Å². The summed E-state index contributed by atoms with van der Waals surface area (Å²) in [6, 6.07) is 1.91. The molecule has 0 spiro atoms. The van der Waals surface area contributed by atoms with Crippen molar-refractivity contribution in [2.24, 2.45) is 0 Å². The number of carbonyl (C=O) groups excluding carboxylic acids is 1. The summed E-state index contributed by atoms with van der Waals surface area (Å²) in [5.74, 6) is 1.13.